The molecule has 4 amide bonds. The van der Waals surface area contributed by atoms with E-state index >= 15 is 9.59 Å². The molecule has 3 aliphatic rings. The number of cyclic esters (lactones) is 4. The lowest BCUT2D eigenvalue weighted by atomic mass is 10.00. The van der Waals surface area contributed by atoms with Crippen molar-refractivity contribution in [1.82, 2.24) is 19.6 Å². The van der Waals surface area contributed by atoms with Gasteiger partial charge < -0.3 is 57.8 Å². The first-order valence-electron chi connectivity index (χ1n) is 29.0. The van der Waals surface area contributed by atoms with E-state index in [0.29, 0.717) is 70.2 Å². The summed E-state index contributed by atoms with van der Waals surface area (Å²) in [4.78, 5) is 127. The minimum atomic E-state index is -1.51. The fourth-order valence-corrected chi connectivity index (χ4v) is 10.3. The van der Waals surface area contributed by atoms with Crippen molar-refractivity contribution >= 4 is 58.9 Å². The van der Waals surface area contributed by atoms with Crippen LogP contribution >= 0.6 is 0 Å². The van der Waals surface area contributed by atoms with Crippen LogP contribution in [-0.2, 0) is 79.6 Å². The van der Waals surface area contributed by atoms with E-state index in [1.165, 1.54) is 51.8 Å². The van der Waals surface area contributed by atoms with Crippen molar-refractivity contribution in [3.8, 4) is 0 Å². The summed E-state index contributed by atoms with van der Waals surface area (Å²) in [5.41, 5.74) is 3.18. The topological polar surface area (TPSA) is 211 Å². The van der Waals surface area contributed by atoms with Gasteiger partial charge in [-0.3, -0.25) is 19.2 Å². The Kier molecular flexibility index (Phi) is 24.8. The maximum atomic E-state index is 15.1. The summed E-state index contributed by atoms with van der Waals surface area (Å²) in [6, 6.07) is 9.96. The first kappa shape index (κ1) is 65.5. The molecule has 0 aliphatic carbocycles. The lowest BCUT2D eigenvalue weighted by Gasteiger charge is -2.35. The number of nitrogens with zero attached hydrogens (tertiary/aromatic N) is 6. The third kappa shape index (κ3) is 18.6. The SMILES string of the molecule is CC(C)CC[C@H]1C(=O)O[C@H](C)C(=O)N(C)[C@@H](CC(C)C)C(=O)OC(Cc2ccc(N3CCOCC3)cc2)C(=O)N(C)[C@@H](CC(C)C)C(=O)O[C@H](C)C(=O)N(C)[C@@H](CC(C)C)C(=O)O[C@H](Cc2ccc(N3CCOCC3)cc2)C(=O)N1C. The van der Waals surface area contributed by atoms with E-state index in [0.717, 1.165) is 21.2 Å². The average molecular weight is 1130 g/mol. The zero-order chi connectivity index (χ0) is 59.8. The van der Waals surface area contributed by atoms with Gasteiger partial charge in [0.25, 0.3) is 23.6 Å². The molecule has 2 aromatic carbocycles. The Balaban J connectivity index is 1.59. The van der Waals surface area contributed by atoms with Crippen molar-refractivity contribution in [2.45, 2.75) is 163 Å². The summed E-state index contributed by atoms with van der Waals surface area (Å²) in [6.45, 7) is 23.0. The van der Waals surface area contributed by atoms with Crippen LogP contribution in [0, 0.1) is 23.7 Å². The number of rotatable bonds is 15. The van der Waals surface area contributed by atoms with Crippen LogP contribution in [0.25, 0.3) is 0 Å². The van der Waals surface area contributed by atoms with Gasteiger partial charge in [0.1, 0.15) is 24.2 Å². The molecule has 0 aromatic heterocycles. The molecule has 0 saturated carbocycles. The quantitative estimate of drug-likeness (QED) is 0.154. The summed E-state index contributed by atoms with van der Waals surface area (Å²) >= 11 is 0. The van der Waals surface area contributed by atoms with E-state index in [-0.39, 0.29) is 62.2 Å². The summed E-state index contributed by atoms with van der Waals surface area (Å²) in [5, 5.41) is 0. The average Bonchev–Trinajstić information content (AvgIpc) is 3.44. The van der Waals surface area contributed by atoms with Gasteiger partial charge in [0.2, 0.25) is 0 Å². The lowest BCUT2D eigenvalue weighted by molar-refractivity contribution is -0.176. The van der Waals surface area contributed by atoms with E-state index in [4.69, 9.17) is 28.4 Å². The molecule has 3 aliphatic heterocycles. The number of hydrogen-bond donors (Lipinski definition) is 0. The largest absolute Gasteiger partial charge is 0.451 e. The molecule has 20 nitrogen and oxygen atoms in total. The molecule has 0 spiro atoms. The molecule has 450 valence electrons. The predicted molar refractivity (Wildman–Crippen MR) is 306 cm³/mol. The number of esters is 4. The highest BCUT2D eigenvalue weighted by Crippen LogP contribution is 2.26. The highest BCUT2D eigenvalue weighted by molar-refractivity contribution is 5.94. The monoisotopic (exact) mass is 1130 g/mol. The Morgan fingerprint density at radius 1 is 0.407 bits per heavy atom. The van der Waals surface area contributed by atoms with E-state index in [9.17, 15) is 28.8 Å². The lowest BCUT2D eigenvalue weighted by Crippen LogP contribution is -2.54. The van der Waals surface area contributed by atoms with E-state index in [2.05, 4.69) is 9.80 Å². The van der Waals surface area contributed by atoms with Crippen molar-refractivity contribution in [3.63, 3.8) is 0 Å². The second-order valence-electron chi connectivity index (χ2n) is 23.7. The van der Waals surface area contributed by atoms with Crippen molar-refractivity contribution in [2.75, 3.05) is 90.6 Å². The molecule has 3 fully saturated rings. The first-order chi connectivity index (χ1) is 38.3. The normalized spacial score (nSPS) is 25.4. The zero-order valence-corrected chi connectivity index (χ0v) is 50.6. The van der Waals surface area contributed by atoms with Crippen molar-refractivity contribution in [2.24, 2.45) is 23.7 Å². The Morgan fingerprint density at radius 2 is 0.704 bits per heavy atom. The molecule has 0 bridgehead atoms. The number of morpholine rings is 2. The van der Waals surface area contributed by atoms with Gasteiger partial charge in [-0.1, -0.05) is 79.7 Å². The Bertz CT molecular complexity index is 2410. The molecule has 0 radical (unpaired) electrons. The Labute approximate surface area is 480 Å². The van der Waals surface area contributed by atoms with Crippen LogP contribution < -0.4 is 9.80 Å². The summed E-state index contributed by atoms with van der Waals surface area (Å²) in [7, 11) is 5.63. The van der Waals surface area contributed by atoms with Gasteiger partial charge in [0.15, 0.2) is 24.4 Å². The zero-order valence-electron chi connectivity index (χ0n) is 50.6. The molecule has 0 N–H and O–H groups in total. The third-order valence-corrected chi connectivity index (χ3v) is 15.3. The van der Waals surface area contributed by atoms with Gasteiger partial charge in [0, 0.05) is 78.6 Å². The van der Waals surface area contributed by atoms with Gasteiger partial charge in [-0.25, -0.2) is 19.2 Å². The standard InChI is InChI=1S/C61H92N6O14/c1-38(2)15-24-48-58(72)78-42(9)54(68)63(12)51(35-41(7)8)61(75)81-53(37-45-18-22-47(23-19-45)67-27-31-77-32-28-67)57(71)65(14)49(33-39(3)4)59(73)79-43(10)55(69)64(13)50(34-40(5)6)60(74)80-52(56(70)62(48)11)36-44-16-20-46(21-17-44)66-25-29-76-30-26-66/h16-23,38-43,48-53H,15,24-37H2,1-14H3/t42-,43-,48+,49+,50+,51+,52-,53?/m1/s1. The van der Waals surface area contributed by atoms with E-state index in [1.807, 2.05) is 104 Å². The highest BCUT2D eigenvalue weighted by Gasteiger charge is 2.43. The Hall–Kier alpha value is -6.28. The number of benzene rings is 2. The van der Waals surface area contributed by atoms with Crippen molar-refractivity contribution < 1.29 is 66.8 Å². The van der Waals surface area contributed by atoms with Gasteiger partial charge in [-0.05, 0) is 105 Å². The van der Waals surface area contributed by atoms with Crippen LogP contribution in [0.1, 0.15) is 112 Å². The second-order valence-corrected chi connectivity index (χ2v) is 23.7. The molecule has 1 unspecified atom stereocenters. The van der Waals surface area contributed by atoms with Crippen molar-refractivity contribution in [1.29, 1.82) is 0 Å². The second kappa shape index (κ2) is 30.7. The van der Waals surface area contributed by atoms with Crippen LogP contribution in [0.5, 0.6) is 0 Å². The molecule has 2 aromatic rings. The number of ether oxygens (including phenoxy) is 6. The molecular formula is C61H92N6O14. The van der Waals surface area contributed by atoms with Crippen LogP contribution in [0.4, 0.5) is 11.4 Å². The molecular weight excluding hydrogens is 1040 g/mol. The summed E-state index contributed by atoms with van der Waals surface area (Å²) < 4.78 is 35.4. The van der Waals surface area contributed by atoms with Crippen molar-refractivity contribution in [3.05, 3.63) is 59.7 Å². The van der Waals surface area contributed by atoms with Crippen LogP contribution in [0.2, 0.25) is 0 Å². The number of likely N-dealkylation sites (N-methyl/N-ethyl adjacent to an activating group) is 4. The number of carbonyl (C=O) groups is 8. The minimum absolute atomic E-state index is 0.0771. The number of amides is 4. The first-order valence-corrected chi connectivity index (χ1v) is 29.0. The molecule has 8 atom stereocenters. The molecule has 5 rings (SSSR count). The third-order valence-electron chi connectivity index (χ3n) is 15.3. The smallest absolute Gasteiger partial charge is 0.329 e. The summed E-state index contributed by atoms with van der Waals surface area (Å²) in [5.74, 6) is -7.00. The van der Waals surface area contributed by atoms with Crippen LogP contribution in [-0.4, -0.2) is 196 Å². The van der Waals surface area contributed by atoms with E-state index in [1.54, 1.807) is 0 Å². The fraction of sp³-hybridized carbons (Fsp3) is 0.672. The van der Waals surface area contributed by atoms with Crippen LogP contribution in [0.3, 0.4) is 0 Å². The fourth-order valence-electron chi connectivity index (χ4n) is 10.3. The molecule has 81 heavy (non-hydrogen) atoms. The van der Waals surface area contributed by atoms with E-state index < -0.39 is 96.1 Å². The highest BCUT2D eigenvalue weighted by atomic mass is 16.6. The maximum absolute atomic E-state index is 15.1. The predicted octanol–water partition coefficient (Wildman–Crippen LogP) is 5.73. The number of hydrogen-bond acceptors (Lipinski definition) is 16. The molecule has 3 saturated heterocycles. The maximum Gasteiger partial charge on any atom is 0.329 e. The van der Waals surface area contributed by atoms with Gasteiger partial charge in [0.05, 0.1) is 26.4 Å². The molecule has 3 heterocycles. The van der Waals surface area contributed by atoms with Crippen LogP contribution in [0.15, 0.2) is 48.5 Å². The number of anilines is 2. The minimum Gasteiger partial charge on any atom is -0.451 e. The number of carbonyl (C=O) groups excluding carboxylic acids is 8. The molecule has 20 heteroatoms. The van der Waals surface area contributed by atoms with Gasteiger partial charge in [-0.15, -0.1) is 0 Å². The summed E-state index contributed by atoms with van der Waals surface area (Å²) in [6.07, 6.45) is -5.32. The van der Waals surface area contributed by atoms with Gasteiger partial charge in [-0.2, -0.15) is 0 Å². The van der Waals surface area contributed by atoms with Gasteiger partial charge >= 0.3 is 23.9 Å². The Morgan fingerprint density at radius 3 is 1.02 bits per heavy atom.